The third-order valence-electron chi connectivity index (χ3n) is 0.707. The summed E-state index contributed by atoms with van der Waals surface area (Å²) in [6.45, 7) is 3.81. The zero-order valence-corrected chi connectivity index (χ0v) is 24.6. The molecular weight excluding hydrogens is 685 g/mol. The molecule has 12 N–H and O–H groups in total. The molecule has 0 fully saturated rings. The molecule has 0 heterocycles. The van der Waals surface area contributed by atoms with Gasteiger partial charge < -0.3 is 110 Å². The summed E-state index contributed by atoms with van der Waals surface area (Å²) < 4.78 is 0. The first kappa shape index (κ1) is 57.5. The first-order valence-electron chi connectivity index (χ1n) is 7.18. The monoisotopic (exact) mass is 721 g/mol. The Kier molecular flexibility index (Phi) is 212. The number of hydrogen-bond acceptors (Lipinski definition) is 12. The van der Waals surface area contributed by atoms with Crippen molar-refractivity contribution in [3.8, 4) is 0 Å². The smallest absolute Gasteiger partial charge is 0.791 e. The van der Waals surface area contributed by atoms with Crippen molar-refractivity contribution in [2.24, 2.45) is 34.4 Å². The quantitative estimate of drug-likeness (QED) is 0.122. The molecule has 0 amide bonds. The molecule has 27 heavy (non-hydrogen) atoms. The molecule has 0 aromatic carbocycles. The van der Waals surface area contributed by atoms with Crippen LogP contribution in [0.1, 0.15) is 0 Å². The normalized spacial score (nSPS) is 6.67. The van der Waals surface area contributed by atoms with E-state index in [1.165, 1.54) is 0 Å². The van der Waals surface area contributed by atoms with E-state index in [-0.39, 0.29) is 55.7 Å². The van der Waals surface area contributed by atoms with Gasteiger partial charge in [-0.05, 0) is 39.3 Å². The van der Waals surface area contributed by atoms with E-state index in [1.54, 1.807) is 0 Å². The van der Waals surface area contributed by atoms with Crippen LogP contribution in [0.15, 0.2) is 0 Å². The second-order valence-electron chi connectivity index (χ2n) is 2.96. The fourth-order valence-corrected chi connectivity index (χ4v) is 0. The van der Waals surface area contributed by atoms with E-state index in [9.17, 15) is 0 Å². The summed E-state index contributed by atoms with van der Waals surface area (Å²) in [4.78, 5) is 0. The molecule has 6 nitrogen and oxygen atoms in total. The molecule has 0 spiro atoms. The summed E-state index contributed by atoms with van der Waals surface area (Å²) in [6.07, 6.45) is 0. The predicted octanol–water partition coefficient (Wildman–Crippen LogP) is -3.06. The Bertz CT molecular complexity index is 95.4. The van der Waals surface area contributed by atoms with Gasteiger partial charge in [-0.15, -0.1) is 0 Å². The van der Waals surface area contributed by atoms with Crippen LogP contribution in [0.2, 0.25) is 0 Å². The van der Waals surface area contributed by atoms with Gasteiger partial charge in [0.25, 0.3) is 0 Å². The Morgan fingerprint density at radius 1 is 0.333 bits per heavy atom. The van der Waals surface area contributed by atoms with Gasteiger partial charge in [0.1, 0.15) is 0 Å². The first-order chi connectivity index (χ1) is 11.5. The van der Waals surface area contributed by atoms with Crippen LogP contribution < -0.4 is 34.4 Å². The molecule has 15 heteroatoms. The van der Waals surface area contributed by atoms with Crippen LogP contribution in [0.4, 0.5) is 0 Å². The van der Waals surface area contributed by atoms with Gasteiger partial charge in [0, 0.05) is 0 Å². The molecular formula is C12H36CoN6Rh2S6+3. The van der Waals surface area contributed by atoms with Gasteiger partial charge in [0.2, 0.25) is 0 Å². The van der Waals surface area contributed by atoms with E-state index >= 15 is 0 Å². The number of nitrogens with two attached hydrogens (primary N) is 6. The summed E-state index contributed by atoms with van der Waals surface area (Å²) in [5.41, 5.74) is 29.5. The maximum absolute atomic E-state index is 4.92. The van der Waals surface area contributed by atoms with Crippen molar-refractivity contribution in [1.82, 2.24) is 0 Å². The van der Waals surface area contributed by atoms with Crippen molar-refractivity contribution in [3.63, 3.8) is 0 Å². The van der Waals surface area contributed by atoms with Gasteiger partial charge >= 0.3 is 55.7 Å². The molecule has 0 radical (unpaired) electrons. The fraction of sp³-hybridized carbons (Fsp3) is 1.00. The van der Waals surface area contributed by atoms with Crippen molar-refractivity contribution in [2.45, 2.75) is 0 Å². The van der Waals surface area contributed by atoms with Gasteiger partial charge in [-0.1, -0.05) is 0 Å². The predicted molar refractivity (Wildman–Crippen MR) is 128 cm³/mol. The minimum Gasteiger partial charge on any atom is -0.791 e. The van der Waals surface area contributed by atoms with Crippen molar-refractivity contribution in [2.75, 3.05) is 73.8 Å². The molecule has 0 rings (SSSR count). The van der Waals surface area contributed by atoms with Crippen LogP contribution in [-0.4, -0.2) is 73.8 Å². The third-order valence-corrected chi connectivity index (χ3v) is 2.12. The van der Waals surface area contributed by atoms with Crippen LogP contribution in [0, 0.1) is 0 Å². The van der Waals surface area contributed by atoms with E-state index in [2.05, 4.69) is 75.8 Å². The average Bonchev–Trinajstić information content (AvgIpc) is 2.68. The van der Waals surface area contributed by atoms with E-state index in [0.717, 1.165) is 0 Å². The van der Waals surface area contributed by atoms with Gasteiger partial charge in [-0.3, -0.25) is 0 Å². The van der Waals surface area contributed by atoms with Crippen LogP contribution in [0.3, 0.4) is 0 Å². The molecule has 0 aliphatic heterocycles. The zero-order chi connectivity index (χ0) is 20.5. The number of hydrogen-bond donors (Lipinski definition) is 6. The Morgan fingerprint density at radius 3 is 0.370 bits per heavy atom. The third kappa shape index (κ3) is 244. The number of rotatable bonds is 6. The SMILES string of the molecule is NCC[S-].NCC[S-].NCC[S-].NCC[S-].NCC[S-].NCC[S-].[Co+3].[Rh+3].[Rh+3]. The van der Waals surface area contributed by atoms with Crippen LogP contribution in [0.25, 0.3) is 0 Å². The summed E-state index contributed by atoms with van der Waals surface area (Å²) >= 11 is 26.6. The Hall–Kier alpha value is 3.61. The maximum Gasteiger partial charge on any atom is 3.00 e. The van der Waals surface area contributed by atoms with Gasteiger partial charge in [0.05, 0.1) is 0 Å². The van der Waals surface area contributed by atoms with Crippen molar-refractivity contribution in [1.29, 1.82) is 0 Å². The second kappa shape index (κ2) is 99.5. The molecule has 174 valence electrons. The van der Waals surface area contributed by atoms with Crippen LogP contribution >= 0.6 is 0 Å². The Balaban J connectivity index is -0.0000000201. The van der Waals surface area contributed by atoms with Gasteiger partial charge in [0.15, 0.2) is 0 Å². The van der Waals surface area contributed by atoms with Crippen molar-refractivity contribution >= 4 is 75.8 Å². The molecule has 0 atom stereocenters. The largest absolute Gasteiger partial charge is 3.00 e. The van der Waals surface area contributed by atoms with Crippen LogP contribution in [0.5, 0.6) is 0 Å². The standard InChI is InChI=1S/6C2H7NS.Co.2Rh/c6*3-1-2-4;;;/h6*4H,1-3H2;;;/q;;;;;;3*+3/p-6. The summed E-state index contributed by atoms with van der Waals surface area (Å²) in [6, 6.07) is 0. The van der Waals surface area contributed by atoms with Gasteiger partial charge in [-0.2, -0.15) is 34.5 Å². The first-order valence-corrected chi connectivity index (χ1v) is 10.6. The molecule has 0 unspecified atom stereocenters. The summed E-state index contributed by atoms with van der Waals surface area (Å²) in [5.74, 6) is 4.08. The van der Waals surface area contributed by atoms with E-state index in [0.29, 0.717) is 73.8 Å². The zero-order valence-electron chi connectivity index (χ0n) is 15.4. The minimum absolute atomic E-state index is 0. The molecule has 0 aromatic heterocycles. The minimum atomic E-state index is 0. The van der Waals surface area contributed by atoms with Crippen LogP contribution in [-0.2, 0) is 132 Å². The topological polar surface area (TPSA) is 156 Å². The second-order valence-corrected chi connectivity index (χ2v) is 5.41. The Morgan fingerprint density at radius 2 is 0.370 bits per heavy atom. The summed E-state index contributed by atoms with van der Waals surface area (Å²) in [7, 11) is 0. The summed E-state index contributed by atoms with van der Waals surface area (Å²) in [5, 5.41) is 0. The van der Waals surface area contributed by atoms with Crippen molar-refractivity contribution in [3.05, 3.63) is 0 Å². The average molecular weight is 722 g/mol. The van der Waals surface area contributed by atoms with E-state index < -0.39 is 0 Å². The molecule has 0 aliphatic rings. The van der Waals surface area contributed by atoms with Crippen molar-refractivity contribution < 1.29 is 55.7 Å². The van der Waals surface area contributed by atoms with E-state index in [1.807, 2.05) is 0 Å². The molecule has 0 bridgehead atoms. The van der Waals surface area contributed by atoms with Gasteiger partial charge in [-0.25, -0.2) is 0 Å². The maximum atomic E-state index is 4.92. The molecule has 0 aliphatic carbocycles. The fourth-order valence-electron chi connectivity index (χ4n) is 0. The Labute approximate surface area is 237 Å². The van der Waals surface area contributed by atoms with E-state index in [4.69, 9.17) is 34.4 Å². The molecule has 0 saturated carbocycles. The molecule has 0 aromatic rings. The molecule has 0 saturated heterocycles.